The third-order valence-electron chi connectivity index (χ3n) is 1.82. The van der Waals surface area contributed by atoms with Gasteiger partial charge in [-0.2, -0.15) is 0 Å². The molecule has 0 spiro atoms. The van der Waals surface area contributed by atoms with E-state index >= 15 is 0 Å². The van der Waals surface area contributed by atoms with Crippen molar-refractivity contribution in [3.05, 3.63) is 0 Å². The maximum Gasteiger partial charge on any atom is 0.116 e. The van der Waals surface area contributed by atoms with E-state index in [2.05, 4.69) is 6.92 Å². The molecule has 0 aliphatic carbocycles. The summed E-state index contributed by atoms with van der Waals surface area (Å²) in [6.07, 6.45) is 3.23. The zero-order valence-electron chi connectivity index (χ0n) is 5.77. The summed E-state index contributed by atoms with van der Waals surface area (Å²) >= 11 is 0. The molecule has 0 aromatic rings. The molecule has 54 valence electrons. The zero-order valence-corrected chi connectivity index (χ0v) is 5.77. The molecule has 0 N–H and O–H groups in total. The van der Waals surface area contributed by atoms with Crippen LogP contribution in [0.5, 0.6) is 0 Å². The molecule has 1 rings (SSSR count). The molecule has 1 saturated heterocycles. The Morgan fingerprint density at radius 2 is 2.11 bits per heavy atom. The summed E-state index contributed by atoms with van der Waals surface area (Å²) in [5, 5.41) is 0. The van der Waals surface area contributed by atoms with Gasteiger partial charge in [-0.3, -0.25) is 0 Å². The molecular formula is C7H13FO. The van der Waals surface area contributed by atoms with E-state index in [1.807, 2.05) is 0 Å². The molecule has 1 fully saturated rings. The lowest BCUT2D eigenvalue weighted by atomic mass is 10.2. The molecule has 0 aromatic heterocycles. The molecule has 2 heteroatoms. The minimum Gasteiger partial charge on any atom is -0.372 e. The van der Waals surface area contributed by atoms with E-state index in [9.17, 15) is 4.39 Å². The van der Waals surface area contributed by atoms with E-state index < -0.39 is 0 Å². The Morgan fingerprint density at radius 1 is 1.44 bits per heavy atom. The summed E-state index contributed by atoms with van der Waals surface area (Å²) in [6.45, 7) is 1.77. The third kappa shape index (κ3) is 1.65. The summed E-state index contributed by atoms with van der Waals surface area (Å²) < 4.78 is 17.2. The van der Waals surface area contributed by atoms with Gasteiger partial charge in [0.1, 0.15) is 6.67 Å². The second kappa shape index (κ2) is 3.16. The number of hydrogen-bond acceptors (Lipinski definition) is 1. The fourth-order valence-corrected chi connectivity index (χ4v) is 1.19. The van der Waals surface area contributed by atoms with Crippen molar-refractivity contribution in [2.75, 3.05) is 6.67 Å². The zero-order chi connectivity index (χ0) is 6.69. The lowest BCUT2D eigenvalue weighted by Crippen LogP contribution is -2.11. The molecule has 2 atom stereocenters. The van der Waals surface area contributed by atoms with Crippen LogP contribution < -0.4 is 0 Å². The van der Waals surface area contributed by atoms with Crippen LogP contribution in [0.3, 0.4) is 0 Å². The van der Waals surface area contributed by atoms with Crippen molar-refractivity contribution in [3.63, 3.8) is 0 Å². The Labute approximate surface area is 55.2 Å². The predicted molar refractivity (Wildman–Crippen MR) is 34.2 cm³/mol. The predicted octanol–water partition coefficient (Wildman–Crippen LogP) is 1.91. The number of halogens is 1. The molecule has 1 aliphatic rings. The highest BCUT2D eigenvalue weighted by molar-refractivity contribution is 4.71. The summed E-state index contributed by atoms with van der Waals surface area (Å²) in [5.74, 6) is 0. The highest BCUT2D eigenvalue weighted by atomic mass is 19.1. The van der Waals surface area contributed by atoms with Crippen molar-refractivity contribution in [1.82, 2.24) is 0 Å². The normalized spacial score (nSPS) is 35.3. The van der Waals surface area contributed by atoms with Crippen molar-refractivity contribution in [3.8, 4) is 0 Å². The molecule has 0 bridgehead atoms. The summed E-state index contributed by atoms with van der Waals surface area (Å²) in [5.41, 5.74) is 0. The first kappa shape index (κ1) is 7.00. The Kier molecular flexibility index (Phi) is 2.46. The molecule has 0 saturated carbocycles. The van der Waals surface area contributed by atoms with Crippen LogP contribution in [0.2, 0.25) is 0 Å². The van der Waals surface area contributed by atoms with Gasteiger partial charge in [0.2, 0.25) is 0 Å². The topological polar surface area (TPSA) is 9.23 Å². The Bertz CT molecular complexity index is 75.0. The molecule has 1 aliphatic heterocycles. The highest BCUT2D eigenvalue weighted by Crippen LogP contribution is 2.21. The van der Waals surface area contributed by atoms with E-state index in [-0.39, 0.29) is 12.8 Å². The monoisotopic (exact) mass is 132 g/mol. The third-order valence-corrected chi connectivity index (χ3v) is 1.82. The molecular weight excluding hydrogens is 119 g/mol. The van der Waals surface area contributed by atoms with Gasteiger partial charge in [-0.25, -0.2) is 4.39 Å². The Hall–Kier alpha value is -0.110. The summed E-state index contributed by atoms with van der Waals surface area (Å²) in [6, 6.07) is 0. The minimum absolute atomic E-state index is 0.0880. The largest absolute Gasteiger partial charge is 0.372 e. The van der Waals surface area contributed by atoms with E-state index in [4.69, 9.17) is 4.74 Å². The van der Waals surface area contributed by atoms with Gasteiger partial charge in [0.05, 0.1) is 12.2 Å². The van der Waals surface area contributed by atoms with Crippen LogP contribution >= 0.6 is 0 Å². The second-order valence-corrected chi connectivity index (χ2v) is 2.52. The average molecular weight is 132 g/mol. The lowest BCUT2D eigenvalue weighted by Gasteiger charge is -2.07. The van der Waals surface area contributed by atoms with Gasteiger partial charge in [-0.15, -0.1) is 0 Å². The Morgan fingerprint density at radius 3 is 2.44 bits per heavy atom. The van der Waals surface area contributed by atoms with Gasteiger partial charge in [-0.05, 0) is 19.3 Å². The van der Waals surface area contributed by atoms with Crippen LogP contribution in [-0.2, 0) is 4.74 Å². The molecule has 0 aromatic carbocycles. The number of rotatable bonds is 2. The first-order valence-corrected chi connectivity index (χ1v) is 3.58. The Balaban J connectivity index is 2.20. The standard InChI is InChI=1S/C7H13FO/c1-2-6-3-4-7(5-8)9-6/h6-7H,2-5H2,1H3/t6-,7-/m0/s1. The minimum atomic E-state index is -0.309. The van der Waals surface area contributed by atoms with Crippen LogP contribution in [0.4, 0.5) is 4.39 Å². The van der Waals surface area contributed by atoms with Gasteiger partial charge in [0, 0.05) is 0 Å². The van der Waals surface area contributed by atoms with Crippen LogP contribution in [0.25, 0.3) is 0 Å². The maximum absolute atomic E-state index is 11.9. The van der Waals surface area contributed by atoms with E-state index in [0.717, 1.165) is 19.3 Å². The van der Waals surface area contributed by atoms with Crippen LogP contribution in [-0.4, -0.2) is 18.9 Å². The molecule has 0 amide bonds. The van der Waals surface area contributed by atoms with Crippen molar-refractivity contribution < 1.29 is 9.13 Å². The lowest BCUT2D eigenvalue weighted by molar-refractivity contribution is 0.0297. The fraction of sp³-hybridized carbons (Fsp3) is 1.00. The first-order valence-electron chi connectivity index (χ1n) is 3.58. The second-order valence-electron chi connectivity index (χ2n) is 2.52. The molecule has 0 unspecified atom stereocenters. The SMILES string of the molecule is CC[C@H]1CC[C@@H](CF)O1. The average Bonchev–Trinajstić information content (AvgIpc) is 2.34. The fourth-order valence-electron chi connectivity index (χ4n) is 1.19. The smallest absolute Gasteiger partial charge is 0.116 e. The van der Waals surface area contributed by atoms with Crippen molar-refractivity contribution in [2.45, 2.75) is 38.4 Å². The van der Waals surface area contributed by atoms with Crippen LogP contribution in [0, 0.1) is 0 Å². The summed E-state index contributed by atoms with van der Waals surface area (Å²) in [7, 11) is 0. The van der Waals surface area contributed by atoms with Gasteiger partial charge < -0.3 is 4.74 Å². The van der Waals surface area contributed by atoms with Crippen LogP contribution in [0.15, 0.2) is 0 Å². The number of alkyl halides is 1. The first-order chi connectivity index (χ1) is 4.36. The number of ether oxygens (including phenoxy) is 1. The number of hydrogen-bond donors (Lipinski definition) is 0. The summed E-state index contributed by atoms with van der Waals surface area (Å²) in [4.78, 5) is 0. The molecule has 9 heavy (non-hydrogen) atoms. The molecule has 0 radical (unpaired) electrons. The molecule has 1 nitrogen and oxygen atoms in total. The molecule has 1 heterocycles. The van der Waals surface area contributed by atoms with Crippen molar-refractivity contribution in [2.24, 2.45) is 0 Å². The van der Waals surface area contributed by atoms with E-state index in [0.29, 0.717) is 6.10 Å². The van der Waals surface area contributed by atoms with E-state index in [1.165, 1.54) is 0 Å². The van der Waals surface area contributed by atoms with Crippen molar-refractivity contribution in [1.29, 1.82) is 0 Å². The van der Waals surface area contributed by atoms with Crippen LogP contribution in [0.1, 0.15) is 26.2 Å². The highest BCUT2D eigenvalue weighted by Gasteiger charge is 2.22. The van der Waals surface area contributed by atoms with Gasteiger partial charge in [0.15, 0.2) is 0 Å². The van der Waals surface area contributed by atoms with Crippen molar-refractivity contribution >= 4 is 0 Å². The quantitative estimate of drug-likeness (QED) is 0.557. The van der Waals surface area contributed by atoms with E-state index in [1.54, 1.807) is 0 Å². The maximum atomic E-state index is 11.9. The van der Waals surface area contributed by atoms with Gasteiger partial charge in [0.25, 0.3) is 0 Å². The van der Waals surface area contributed by atoms with Gasteiger partial charge in [-0.1, -0.05) is 6.92 Å². The van der Waals surface area contributed by atoms with Gasteiger partial charge >= 0.3 is 0 Å².